The fourth-order valence-electron chi connectivity index (χ4n) is 3.03. The molecule has 2 aromatic heterocycles. The van der Waals surface area contributed by atoms with Gasteiger partial charge in [-0.25, -0.2) is 4.98 Å². The van der Waals surface area contributed by atoms with Crippen molar-refractivity contribution < 1.29 is 4.79 Å². The van der Waals surface area contributed by atoms with Crippen molar-refractivity contribution in [1.29, 1.82) is 0 Å². The fraction of sp³-hybridized carbons (Fsp3) is 0.533. The van der Waals surface area contributed by atoms with Gasteiger partial charge in [0.1, 0.15) is 4.88 Å². The molecular weight excluding hydrogens is 284 g/mol. The number of hydrogen-bond acceptors (Lipinski definition) is 4. The minimum absolute atomic E-state index is 0.107. The van der Waals surface area contributed by atoms with E-state index in [1.165, 1.54) is 11.3 Å². The summed E-state index contributed by atoms with van der Waals surface area (Å²) in [7, 11) is 0. The van der Waals surface area contributed by atoms with Gasteiger partial charge in [0, 0.05) is 6.54 Å². The van der Waals surface area contributed by atoms with Gasteiger partial charge in [0.2, 0.25) is 0 Å². The number of carbonyl (C=O) groups excluding carboxylic acids is 1. The van der Waals surface area contributed by atoms with Crippen molar-refractivity contribution in [3.63, 3.8) is 0 Å². The van der Waals surface area contributed by atoms with Crippen molar-refractivity contribution in [3.05, 3.63) is 33.0 Å². The number of carbonyl (C=O) groups is 1. The van der Waals surface area contributed by atoms with E-state index >= 15 is 0 Å². The van der Waals surface area contributed by atoms with E-state index in [1.807, 2.05) is 31.9 Å². The number of likely N-dealkylation sites (tertiary alicyclic amines) is 1. The molecule has 3 heterocycles. The first-order valence-corrected chi connectivity index (χ1v) is 8.14. The summed E-state index contributed by atoms with van der Waals surface area (Å²) in [4.78, 5) is 20.1. The number of nitrogens with zero attached hydrogens (tertiary/aromatic N) is 3. The monoisotopic (exact) mass is 304 g/mol. The molecule has 5 nitrogen and oxygen atoms in total. The predicted molar refractivity (Wildman–Crippen MR) is 82.5 cm³/mol. The standard InChI is InChI=1S/C15H20N4OS/c1-9-8-16-18-13(9)12-6-4-5-7-19(12)15(20)14-10(2)17-11(3)21-14/h8,12H,4-7H2,1-3H3,(H,16,18). The van der Waals surface area contributed by atoms with Gasteiger partial charge in [0.25, 0.3) is 5.91 Å². The van der Waals surface area contributed by atoms with Crippen LogP contribution in [-0.2, 0) is 0 Å². The molecule has 21 heavy (non-hydrogen) atoms. The molecular formula is C15H20N4OS. The van der Waals surface area contributed by atoms with Crippen LogP contribution in [0.3, 0.4) is 0 Å². The number of nitrogens with one attached hydrogen (secondary N) is 1. The minimum atomic E-state index is 0.107. The molecule has 0 bridgehead atoms. The number of aromatic nitrogens is 3. The summed E-state index contributed by atoms with van der Waals surface area (Å²) < 4.78 is 0. The van der Waals surface area contributed by atoms with E-state index < -0.39 is 0 Å². The second-order valence-corrected chi connectivity index (χ2v) is 6.83. The van der Waals surface area contributed by atoms with Gasteiger partial charge >= 0.3 is 0 Å². The van der Waals surface area contributed by atoms with E-state index in [-0.39, 0.29) is 11.9 Å². The molecule has 1 aliphatic heterocycles. The van der Waals surface area contributed by atoms with Crippen LogP contribution in [0.2, 0.25) is 0 Å². The van der Waals surface area contributed by atoms with Crippen LogP contribution in [0.15, 0.2) is 6.20 Å². The van der Waals surface area contributed by atoms with Crippen LogP contribution in [-0.4, -0.2) is 32.5 Å². The summed E-state index contributed by atoms with van der Waals surface area (Å²) in [6.07, 6.45) is 5.03. The second kappa shape index (κ2) is 5.60. The molecule has 1 N–H and O–H groups in total. The number of rotatable bonds is 2. The molecule has 1 saturated heterocycles. The van der Waals surface area contributed by atoms with Gasteiger partial charge in [-0.15, -0.1) is 11.3 Å². The first-order valence-electron chi connectivity index (χ1n) is 7.33. The molecule has 6 heteroatoms. The Kier molecular flexibility index (Phi) is 3.80. The van der Waals surface area contributed by atoms with Crippen molar-refractivity contribution in [2.45, 2.75) is 46.1 Å². The smallest absolute Gasteiger partial charge is 0.266 e. The highest BCUT2D eigenvalue weighted by Gasteiger charge is 2.32. The zero-order valence-corrected chi connectivity index (χ0v) is 13.5. The highest BCUT2D eigenvalue weighted by molar-refractivity contribution is 7.13. The Morgan fingerprint density at radius 1 is 1.38 bits per heavy atom. The first kappa shape index (κ1) is 14.3. The summed E-state index contributed by atoms with van der Waals surface area (Å²) in [6, 6.07) is 0.107. The average molecular weight is 304 g/mol. The van der Waals surface area contributed by atoms with Gasteiger partial charge < -0.3 is 4.90 Å². The van der Waals surface area contributed by atoms with Crippen molar-refractivity contribution in [2.75, 3.05) is 6.54 Å². The SMILES string of the molecule is Cc1nc(C)c(C(=O)N2CCCCC2c2[nH]ncc2C)s1. The Balaban J connectivity index is 1.93. The Morgan fingerprint density at radius 2 is 2.19 bits per heavy atom. The molecule has 1 amide bonds. The maximum atomic E-state index is 12.9. The van der Waals surface area contributed by atoms with Gasteiger partial charge in [-0.05, 0) is 45.6 Å². The van der Waals surface area contributed by atoms with Crippen LogP contribution in [0.1, 0.15) is 56.9 Å². The van der Waals surface area contributed by atoms with E-state index in [0.29, 0.717) is 0 Å². The highest BCUT2D eigenvalue weighted by atomic mass is 32.1. The zero-order chi connectivity index (χ0) is 15.0. The van der Waals surface area contributed by atoms with E-state index in [2.05, 4.69) is 15.2 Å². The normalized spacial score (nSPS) is 19.0. The molecule has 1 aliphatic rings. The predicted octanol–water partition coefficient (Wildman–Crippen LogP) is 3.16. The summed E-state index contributed by atoms with van der Waals surface area (Å²) in [5.74, 6) is 0.108. The first-order chi connectivity index (χ1) is 10.1. The molecule has 2 aromatic rings. The van der Waals surface area contributed by atoms with Gasteiger partial charge in [0.05, 0.1) is 28.6 Å². The second-order valence-electron chi connectivity index (χ2n) is 5.62. The number of aromatic amines is 1. The maximum Gasteiger partial charge on any atom is 0.266 e. The van der Waals surface area contributed by atoms with E-state index in [4.69, 9.17) is 0 Å². The third-order valence-corrected chi connectivity index (χ3v) is 5.12. The number of aryl methyl sites for hydroxylation is 3. The molecule has 0 radical (unpaired) electrons. The lowest BCUT2D eigenvalue weighted by Crippen LogP contribution is -2.38. The van der Waals surface area contributed by atoms with Gasteiger partial charge in [-0.2, -0.15) is 5.10 Å². The number of H-pyrrole nitrogens is 1. The van der Waals surface area contributed by atoms with Gasteiger partial charge in [0.15, 0.2) is 0 Å². The molecule has 112 valence electrons. The van der Waals surface area contributed by atoms with Crippen LogP contribution >= 0.6 is 11.3 Å². The third kappa shape index (κ3) is 2.60. The molecule has 3 rings (SSSR count). The lowest BCUT2D eigenvalue weighted by Gasteiger charge is -2.35. The van der Waals surface area contributed by atoms with Crippen LogP contribution < -0.4 is 0 Å². The molecule has 0 aliphatic carbocycles. The topological polar surface area (TPSA) is 61.9 Å². The van der Waals surface area contributed by atoms with Gasteiger partial charge in [-0.1, -0.05) is 0 Å². The quantitative estimate of drug-likeness (QED) is 0.927. The Morgan fingerprint density at radius 3 is 2.81 bits per heavy atom. The largest absolute Gasteiger partial charge is 0.329 e. The Bertz CT molecular complexity index is 660. The average Bonchev–Trinajstić information content (AvgIpc) is 3.03. The van der Waals surface area contributed by atoms with Crippen molar-refractivity contribution >= 4 is 17.2 Å². The lowest BCUT2D eigenvalue weighted by molar-refractivity contribution is 0.0609. The van der Waals surface area contributed by atoms with Crippen LogP contribution in [0.5, 0.6) is 0 Å². The van der Waals surface area contributed by atoms with E-state index in [9.17, 15) is 4.79 Å². The third-order valence-electron chi connectivity index (χ3n) is 4.06. The van der Waals surface area contributed by atoms with Crippen LogP contribution in [0.4, 0.5) is 0 Å². The summed E-state index contributed by atoms with van der Waals surface area (Å²) in [5, 5.41) is 8.13. The maximum absolute atomic E-state index is 12.9. The van der Waals surface area contributed by atoms with E-state index in [1.54, 1.807) is 0 Å². The molecule has 0 spiro atoms. The Hall–Kier alpha value is -1.69. The highest BCUT2D eigenvalue weighted by Crippen LogP contribution is 2.33. The summed E-state index contributed by atoms with van der Waals surface area (Å²) in [6.45, 7) is 6.70. The van der Waals surface area contributed by atoms with E-state index in [0.717, 1.165) is 52.6 Å². The lowest BCUT2D eigenvalue weighted by atomic mass is 9.97. The number of thiazole rings is 1. The van der Waals surface area contributed by atoms with Crippen LogP contribution in [0.25, 0.3) is 0 Å². The molecule has 1 fully saturated rings. The number of hydrogen-bond donors (Lipinski definition) is 1. The minimum Gasteiger partial charge on any atom is -0.329 e. The molecule has 1 atom stereocenters. The fourth-order valence-corrected chi connectivity index (χ4v) is 3.90. The van der Waals surface area contributed by atoms with Crippen LogP contribution in [0, 0.1) is 20.8 Å². The summed E-state index contributed by atoms with van der Waals surface area (Å²) in [5.41, 5.74) is 3.03. The molecule has 1 unspecified atom stereocenters. The summed E-state index contributed by atoms with van der Waals surface area (Å²) >= 11 is 1.49. The van der Waals surface area contributed by atoms with Crippen molar-refractivity contribution in [2.24, 2.45) is 0 Å². The number of amides is 1. The van der Waals surface area contributed by atoms with Crippen molar-refractivity contribution in [3.8, 4) is 0 Å². The Labute approximate surface area is 128 Å². The van der Waals surface area contributed by atoms with Crippen molar-refractivity contribution in [1.82, 2.24) is 20.1 Å². The van der Waals surface area contributed by atoms with Gasteiger partial charge in [-0.3, -0.25) is 9.89 Å². The zero-order valence-electron chi connectivity index (χ0n) is 12.6. The molecule has 0 saturated carbocycles. The molecule has 0 aromatic carbocycles. The number of piperidine rings is 1.